The molecule has 1 amide bonds. The van der Waals surface area contributed by atoms with Crippen LogP contribution in [0.1, 0.15) is 55.2 Å². The monoisotopic (exact) mass is 425 g/mol. The highest BCUT2D eigenvalue weighted by molar-refractivity contribution is 9.10. The van der Waals surface area contributed by atoms with E-state index in [0.29, 0.717) is 4.47 Å². The molecule has 0 aliphatic carbocycles. The fraction of sp³-hybridized carbons (Fsp3) is 0.350. The molecule has 0 aliphatic heterocycles. The smallest absolute Gasteiger partial charge is 0.387 e. The van der Waals surface area contributed by atoms with E-state index in [9.17, 15) is 13.6 Å². The lowest BCUT2D eigenvalue weighted by Crippen LogP contribution is -2.27. The van der Waals surface area contributed by atoms with Crippen molar-refractivity contribution in [1.82, 2.24) is 5.32 Å². The van der Waals surface area contributed by atoms with Gasteiger partial charge in [0.1, 0.15) is 5.75 Å². The maximum atomic E-state index is 12.6. The number of amides is 1. The molecule has 0 aliphatic rings. The van der Waals surface area contributed by atoms with Crippen LogP contribution < -0.4 is 10.1 Å². The molecule has 0 radical (unpaired) electrons. The largest absolute Gasteiger partial charge is 0.434 e. The Morgan fingerprint density at radius 2 is 1.73 bits per heavy atom. The van der Waals surface area contributed by atoms with Gasteiger partial charge in [-0.1, -0.05) is 61.0 Å². The zero-order chi connectivity index (χ0) is 19.5. The van der Waals surface area contributed by atoms with Gasteiger partial charge in [0.05, 0.1) is 11.6 Å². The standard InChI is InChI=1S/C20H22BrF2NO2/c1-12(13-5-7-14(8-6-13)20(2,3)4)24-18(25)16-11-15(21)9-10-17(16)26-19(22)23/h5-12,19H,1-4H3,(H,24,25). The molecule has 3 nitrogen and oxygen atoms in total. The molecule has 0 bridgehead atoms. The summed E-state index contributed by atoms with van der Waals surface area (Å²) in [5, 5.41) is 2.83. The number of hydrogen-bond donors (Lipinski definition) is 1. The molecular formula is C20H22BrF2NO2. The lowest BCUT2D eigenvalue weighted by molar-refractivity contribution is -0.0501. The zero-order valence-electron chi connectivity index (χ0n) is 15.1. The summed E-state index contributed by atoms with van der Waals surface area (Å²) in [6.45, 7) is 5.24. The van der Waals surface area contributed by atoms with E-state index in [2.05, 4.69) is 46.8 Å². The van der Waals surface area contributed by atoms with Gasteiger partial charge in [-0.05, 0) is 41.7 Å². The lowest BCUT2D eigenvalue weighted by atomic mass is 9.86. The first kappa shape index (κ1) is 20.4. The summed E-state index contributed by atoms with van der Waals surface area (Å²) >= 11 is 3.25. The number of carbonyl (C=O) groups is 1. The van der Waals surface area contributed by atoms with Gasteiger partial charge in [0.2, 0.25) is 0 Å². The van der Waals surface area contributed by atoms with Gasteiger partial charge >= 0.3 is 6.61 Å². The van der Waals surface area contributed by atoms with Crippen LogP contribution in [0.4, 0.5) is 8.78 Å². The van der Waals surface area contributed by atoms with E-state index in [1.165, 1.54) is 17.7 Å². The van der Waals surface area contributed by atoms with Crippen molar-refractivity contribution >= 4 is 21.8 Å². The van der Waals surface area contributed by atoms with Gasteiger partial charge in [-0.3, -0.25) is 4.79 Å². The molecule has 0 aromatic heterocycles. The first-order valence-electron chi connectivity index (χ1n) is 8.23. The molecule has 0 heterocycles. The van der Waals surface area contributed by atoms with E-state index in [4.69, 9.17) is 0 Å². The summed E-state index contributed by atoms with van der Waals surface area (Å²) in [6.07, 6.45) is 0. The van der Waals surface area contributed by atoms with Crippen molar-refractivity contribution in [2.45, 2.75) is 45.8 Å². The first-order chi connectivity index (χ1) is 12.1. The van der Waals surface area contributed by atoms with Gasteiger partial charge in [-0.2, -0.15) is 8.78 Å². The predicted molar refractivity (Wildman–Crippen MR) is 102 cm³/mol. The van der Waals surface area contributed by atoms with Crippen molar-refractivity contribution in [2.24, 2.45) is 0 Å². The Morgan fingerprint density at radius 1 is 1.12 bits per heavy atom. The summed E-state index contributed by atoms with van der Waals surface area (Å²) < 4.78 is 30.2. The summed E-state index contributed by atoms with van der Waals surface area (Å²) in [5.74, 6) is -0.634. The SMILES string of the molecule is CC(NC(=O)c1cc(Br)ccc1OC(F)F)c1ccc(C(C)(C)C)cc1. The topological polar surface area (TPSA) is 38.3 Å². The molecule has 2 aromatic carbocycles. The van der Waals surface area contributed by atoms with Crippen molar-refractivity contribution < 1.29 is 18.3 Å². The summed E-state index contributed by atoms with van der Waals surface area (Å²) in [6, 6.07) is 12.0. The Balaban J connectivity index is 2.18. The fourth-order valence-corrected chi connectivity index (χ4v) is 2.87. The Kier molecular flexibility index (Phi) is 6.39. The van der Waals surface area contributed by atoms with E-state index in [-0.39, 0.29) is 22.8 Å². The molecule has 6 heteroatoms. The van der Waals surface area contributed by atoms with E-state index in [1.54, 1.807) is 6.07 Å². The first-order valence-corrected chi connectivity index (χ1v) is 9.03. The van der Waals surface area contributed by atoms with E-state index < -0.39 is 12.5 Å². The van der Waals surface area contributed by atoms with E-state index in [0.717, 1.165) is 5.56 Å². The summed E-state index contributed by atoms with van der Waals surface area (Å²) in [4.78, 5) is 12.6. The lowest BCUT2D eigenvalue weighted by Gasteiger charge is -2.21. The Hall–Kier alpha value is -1.95. The molecule has 0 saturated carbocycles. The minimum atomic E-state index is -3.00. The molecule has 1 unspecified atom stereocenters. The van der Waals surface area contributed by atoms with Crippen LogP contribution in [0.5, 0.6) is 5.75 Å². The minimum Gasteiger partial charge on any atom is -0.434 e. The molecule has 0 fully saturated rings. The average Bonchev–Trinajstić information content (AvgIpc) is 2.55. The molecule has 0 spiro atoms. The van der Waals surface area contributed by atoms with E-state index in [1.807, 2.05) is 31.2 Å². The third-order valence-corrected chi connectivity index (χ3v) is 4.52. The Labute approximate surface area is 160 Å². The number of halogens is 3. The molecule has 2 aromatic rings. The normalized spacial score (nSPS) is 12.8. The van der Waals surface area contributed by atoms with Crippen LogP contribution in [0.15, 0.2) is 46.9 Å². The van der Waals surface area contributed by atoms with E-state index >= 15 is 0 Å². The van der Waals surface area contributed by atoms with Crippen LogP contribution in [0.25, 0.3) is 0 Å². The number of nitrogens with one attached hydrogen (secondary N) is 1. The second-order valence-corrected chi connectivity index (χ2v) is 8.00. The second kappa shape index (κ2) is 8.16. The number of alkyl halides is 2. The van der Waals surface area contributed by atoms with Crippen LogP contribution in [0.2, 0.25) is 0 Å². The van der Waals surface area contributed by atoms with Crippen LogP contribution >= 0.6 is 15.9 Å². The molecule has 0 saturated heterocycles. The van der Waals surface area contributed by atoms with Crippen LogP contribution in [-0.4, -0.2) is 12.5 Å². The van der Waals surface area contributed by atoms with Crippen LogP contribution in [0.3, 0.4) is 0 Å². The van der Waals surface area contributed by atoms with Crippen molar-refractivity contribution in [1.29, 1.82) is 0 Å². The van der Waals surface area contributed by atoms with Crippen LogP contribution in [-0.2, 0) is 5.41 Å². The highest BCUT2D eigenvalue weighted by Crippen LogP contribution is 2.27. The predicted octanol–water partition coefficient (Wildman–Crippen LogP) is 5.84. The molecule has 140 valence electrons. The van der Waals surface area contributed by atoms with Gasteiger partial charge in [0.15, 0.2) is 0 Å². The molecular weight excluding hydrogens is 404 g/mol. The molecule has 2 rings (SSSR count). The van der Waals surface area contributed by atoms with Crippen molar-refractivity contribution in [3.05, 3.63) is 63.6 Å². The zero-order valence-corrected chi connectivity index (χ0v) is 16.7. The summed E-state index contributed by atoms with van der Waals surface area (Å²) in [5.41, 5.74) is 2.22. The second-order valence-electron chi connectivity index (χ2n) is 7.09. The van der Waals surface area contributed by atoms with Gasteiger partial charge in [-0.25, -0.2) is 0 Å². The minimum absolute atomic E-state index is 0.0445. The Bertz CT molecular complexity index is 770. The van der Waals surface area contributed by atoms with Gasteiger partial charge in [-0.15, -0.1) is 0 Å². The van der Waals surface area contributed by atoms with Gasteiger partial charge in [0, 0.05) is 4.47 Å². The highest BCUT2D eigenvalue weighted by atomic mass is 79.9. The summed E-state index contributed by atoms with van der Waals surface area (Å²) in [7, 11) is 0. The quantitative estimate of drug-likeness (QED) is 0.653. The maximum Gasteiger partial charge on any atom is 0.387 e. The fourth-order valence-electron chi connectivity index (χ4n) is 2.51. The number of rotatable bonds is 5. The van der Waals surface area contributed by atoms with Gasteiger partial charge < -0.3 is 10.1 Å². The third-order valence-electron chi connectivity index (χ3n) is 4.03. The number of hydrogen-bond acceptors (Lipinski definition) is 2. The number of ether oxygens (including phenoxy) is 1. The van der Waals surface area contributed by atoms with Crippen molar-refractivity contribution in [2.75, 3.05) is 0 Å². The molecule has 1 N–H and O–H groups in total. The van der Waals surface area contributed by atoms with Crippen molar-refractivity contribution in [3.8, 4) is 5.75 Å². The maximum absolute atomic E-state index is 12.6. The van der Waals surface area contributed by atoms with Gasteiger partial charge in [0.25, 0.3) is 5.91 Å². The number of benzene rings is 2. The Morgan fingerprint density at radius 3 is 2.27 bits per heavy atom. The van der Waals surface area contributed by atoms with Crippen LogP contribution in [0, 0.1) is 0 Å². The third kappa shape index (κ3) is 5.27. The highest BCUT2D eigenvalue weighted by Gasteiger charge is 2.19. The molecule has 26 heavy (non-hydrogen) atoms. The average molecular weight is 426 g/mol. The van der Waals surface area contributed by atoms with Crippen molar-refractivity contribution in [3.63, 3.8) is 0 Å². The number of carbonyl (C=O) groups excluding carboxylic acids is 1. The molecule has 1 atom stereocenters.